The van der Waals surface area contributed by atoms with E-state index >= 15 is 0 Å². The number of nitrogens with zero attached hydrogens (tertiary/aromatic N) is 4. The zero-order valence-electron chi connectivity index (χ0n) is 19.2. The molecule has 35 heavy (non-hydrogen) atoms. The van der Waals surface area contributed by atoms with Crippen molar-refractivity contribution in [3.05, 3.63) is 95.8 Å². The van der Waals surface area contributed by atoms with Crippen LogP contribution in [0.4, 0.5) is 5.69 Å². The number of carbonyl (C=O) groups is 2. The Kier molecular flexibility index (Phi) is 7.27. The second-order valence-corrected chi connectivity index (χ2v) is 7.61. The van der Waals surface area contributed by atoms with E-state index in [0.29, 0.717) is 23.0 Å². The molecule has 0 aliphatic carbocycles. The molecule has 4 rings (SSSR count). The molecule has 1 aromatic heterocycles. The van der Waals surface area contributed by atoms with Gasteiger partial charge in [0, 0.05) is 0 Å². The van der Waals surface area contributed by atoms with Crippen molar-refractivity contribution in [1.82, 2.24) is 20.2 Å². The monoisotopic (exact) mass is 469 g/mol. The van der Waals surface area contributed by atoms with Crippen LogP contribution in [-0.2, 0) is 14.3 Å². The molecule has 1 N–H and O–H groups in total. The van der Waals surface area contributed by atoms with E-state index < -0.39 is 18.5 Å². The number of aromatic nitrogens is 4. The molecule has 1 amide bonds. The molecule has 0 bridgehead atoms. The molecule has 3 aromatic carbocycles. The lowest BCUT2D eigenvalue weighted by atomic mass is 10.2. The molecular weight excluding hydrogens is 446 g/mol. The fraction of sp³-hybridized carbons (Fsp3) is 0.115. The van der Waals surface area contributed by atoms with Crippen molar-refractivity contribution in [2.24, 2.45) is 0 Å². The van der Waals surface area contributed by atoms with Gasteiger partial charge < -0.3 is 14.8 Å². The van der Waals surface area contributed by atoms with Crippen LogP contribution in [0.15, 0.2) is 78.9 Å². The van der Waals surface area contributed by atoms with Crippen molar-refractivity contribution in [3.63, 3.8) is 0 Å². The van der Waals surface area contributed by atoms with E-state index in [-0.39, 0.29) is 5.70 Å². The maximum Gasteiger partial charge on any atom is 0.357 e. The molecule has 0 unspecified atom stereocenters. The predicted octanol–water partition coefficient (Wildman–Crippen LogP) is 4.26. The first kappa shape index (κ1) is 23.4. The van der Waals surface area contributed by atoms with Crippen molar-refractivity contribution >= 4 is 29.3 Å². The third-order valence-electron chi connectivity index (χ3n) is 4.91. The number of para-hydroxylation sites is 2. The number of hydrogen-bond donors (Lipinski definition) is 1. The van der Waals surface area contributed by atoms with Crippen LogP contribution in [0.5, 0.6) is 11.5 Å². The second kappa shape index (κ2) is 10.9. The van der Waals surface area contributed by atoms with Gasteiger partial charge in [0.15, 0.2) is 23.9 Å². The number of aryl methyl sites for hydroxylation is 2. The number of carbonyl (C=O) groups excluding carboxylic acids is 2. The summed E-state index contributed by atoms with van der Waals surface area (Å²) in [6.07, 6.45) is 1.59. The summed E-state index contributed by atoms with van der Waals surface area (Å²) in [4.78, 5) is 25.5. The number of esters is 1. The number of amides is 1. The molecule has 0 radical (unpaired) electrons. The van der Waals surface area contributed by atoms with E-state index in [1.54, 1.807) is 37.3 Å². The minimum absolute atomic E-state index is 0.0783. The van der Waals surface area contributed by atoms with E-state index in [2.05, 4.69) is 20.8 Å². The van der Waals surface area contributed by atoms with Gasteiger partial charge in [0.05, 0.1) is 5.69 Å². The Labute approximate surface area is 202 Å². The lowest BCUT2D eigenvalue weighted by molar-refractivity contribution is -0.141. The molecule has 9 heteroatoms. The highest BCUT2D eigenvalue weighted by Gasteiger charge is 2.19. The van der Waals surface area contributed by atoms with Gasteiger partial charge in [-0.3, -0.25) is 4.79 Å². The summed E-state index contributed by atoms with van der Waals surface area (Å²) in [6, 6.07) is 23.8. The van der Waals surface area contributed by atoms with Gasteiger partial charge in [-0.05, 0) is 60.2 Å². The van der Waals surface area contributed by atoms with E-state index in [1.165, 1.54) is 4.68 Å². The van der Waals surface area contributed by atoms with Gasteiger partial charge in [-0.1, -0.05) is 60.2 Å². The molecule has 0 aliphatic rings. The number of hydrogen-bond acceptors (Lipinski definition) is 7. The number of nitrogens with one attached hydrogen (secondary N) is 1. The topological polar surface area (TPSA) is 108 Å². The molecule has 176 valence electrons. The van der Waals surface area contributed by atoms with Gasteiger partial charge in [-0.2, -0.15) is 4.68 Å². The van der Waals surface area contributed by atoms with E-state index in [1.807, 2.05) is 61.5 Å². The molecule has 0 saturated carbocycles. The number of anilines is 1. The van der Waals surface area contributed by atoms with Crippen molar-refractivity contribution in [1.29, 1.82) is 0 Å². The number of tetrazole rings is 1. The van der Waals surface area contributed by atoms with Crippen molar-refractivity contribution in [2.45, 2.75) is 13.8 Å². The summed E-state index contributed by atoms with van der Waals surface area (Å²) in [5.41, 5.74) is 2.39. The summed E-state index contributed by atoms with van der Waals surface area (Å²) in [6.45, 7) is 3.13. The Balaban J connectivity index is 1.44. The number of ether oxygens (including phenoxy) is 2. The van der Waals surface area contributed by atoms with Crippen LogP contribution in [0.3, 0.4) is 0 Å². The molecule has 4 aromatic rings. The van der Waals surface area contributed by atoms with Gasteiger partial charge in [0.25, 0.3) is 5.91 Å². The summed E-state index contributed by atoms with van der Waals surface area (Å²) in [5, 5.41) is 14.0. The summed E-state index contributed by atoms with van der Waals surface area (Å²) in [7, 11) is 0. The molecule has 0 spiro atoms. The van der Waals surface area contributed by atoms with Crippen molar-refractivity contribution in [2.75, 3.05) is 11.9 Å². The lowest BCUT2D eigenvalue weighted by Crippen LogP contribution is -2.23. The summed E-state index contributed by atoms with van der Waals surface area (Å²) >= 11 is 0. The first-order valence-electron chi connectivity index (χ1n) is 10.8. The minimum Gasteiger partial charge on any atom is -0.455 e. The third-order valence-corrected chi connectivity index (χ3v) is 4.91. The number of rotatable bonds is 8. The fourth-order valence-corrected chi connectivity index (χ4v) is 3.15. The molecule has 0 aliphatic heterocycles. The summed E-state index contributed by atoms with van der Waals surface area (Å²) < 4.78 is 12.4. The van der Waals surface area contributed by atoms with Gasteiger partial charge in [0.1, 0.15) is 5.75 Å². The average Bonchev–Trinajstić information content (AvgIpc) is 3.29. The van der Waals surface area contributed by atoms with Crippen LogP contribution in [0.2, 0.25) is 0 Å². The quantitative estimate of drug-likeness (QED) is 0.303. The van der Waals surface area contributed by atoms with E-state index in [9.17, 15) is 9.59 Å². The zero-order valence-corrected chi connectivity index (χ0v) is 19.2. The minimum atomic E-state index is -0.747. The smallest absolute Gasteiger partial charge is 0.357 e. The fourth-order valence-electron chi connectivity index (χ4n) is 3.15. The maximum absolute atomic E-state index is 12.9. The largest absolute Gasteiger partial charge is 0.455 e. The zero-order chi connectivity index (χ0) is 24.6. The summed E-state index contributed by atoms with van der Waals surface area (Å²) in [5.74, 6) is 0.228. The molecule has 0 atom stereocenters. The second-order valence-electron chi connectivity index (χ2n) is 7.61. The van der Waals surface area contributed by atoms with E-state index in [0.717, 1.165) is 11.1 Å². The Morgan fingerprint density at radius 3 is 2.37 bits per heavy atom. The molecule has 0 saturated heterocycles. The molecule has 1 heterocycles. The molecule has 9 nitrogen and oxygen atoms in total. The van der Waals surface area contributed by atoms with Crippen LogP contribution >= 0.6 is 0 Å². The van der Waals surface area contributed by atoms with E-state index in [4.69, 9.17) is 9.47 Å². The van der Waals surface area contributed by atoms with Crippen LogP contribution in [0, 0.1) is 13.8 Å². The SMILES string of the molecule is Cc1ccc(Oc2ccccc2NC(=O)COC(=O)/C(=C/c2ccccc2)n2nnnc2C)cc1. The molecular formula is C26H23N5O4. The predicted molar refractivity (Wildman–Crippen MR) is 130 cm³/mol. The van der Waals surface area contributed by atoms with Crippen LogP contribution in [0.25, 0.3) is 11.8 Å². The Morgan fingerprint density at radius 2 is 1.66 bits per heavy atom. The maximum atomic E-state index is 12.9. The first-order chi connectivity index (χ1) is 17.0. The van der Waals surface area contributed by atoms with Gasteiger partial charge in [-0.25, -0.2) is 4.79 Å². The third kappa shape index (κ3) is 6.17. The highest BCUT2D eigenvalue weighted by Crippen LogP contribution is 2.29. The number of benzene rings is 3. The molecule has 0 fully saturated rings. The van der Waals surface area contributed by atoms with Gasteiger partial charge in [0.2, 0.25) is 0 Å². The van der Waals surface area contributed by atoms with Crippen LogP contribution in [-0.4, -0.2) is 38.7 Å². The Bertz CT molecular complexity index is 1350. The average molecular weight is 470 g/mol. The first-order valence-corrected chi connectivity index (χ1v) is 10.8. The standard InChI is InChI=1S/C26H23N5O4/c1-18-12-14-21(15-13-18)35-24-11-7-6-10-22(24)27-25(32)17-34-26(33)23(31-19(2)28-29-30-31)16-20-8-4-3-5-9-20/h3-16H,17H2,1-2H3,(H,27,32)/b23-16-. The van der Waals surface area contributed by atoms with Crippen LogP contribution < -0.4 is 10.1 Å². The van der Waals surface area contributed by atoms with Gasteiger partial charge in [-0.15, -0.1) is 5.10 Å². The van der Waals surface area contributed by atoms with Crippen LogP contribution in [0.1, 0.15) is 17.0 Å². The highest BCUT2D eigenvalue weighted by molar-refractivity contribution is 6.15. The highest BCUT2D eigenvalue weighted by atomic mass is 16.5. The van der Waals surface area contributed by atoms with Crippen molar-refractivity contribution in [3.8, 4) is 11.5 Å². The Morgan fingerprint density at radius 1 is 0.943 bits per heavy atom. The van der Waals surface area contributed by atoms with Gasteiger partial charge >= 0.3 is 5.97 Å². The van der Waals surface area contributed by atoms with Crippen molar-refractivity contribution < 1.29 is 19.1 Å². The lowest BCUT2D eigenvalue weighted by Gasteiger charge is -2.13. The normalized spacial score (nSPS) is 11.1. The Hall–Kier alpha value is -4.79.